The number of aromatic nitrogens is 2. The van der Waals surface area contributed by atoms with Gasteiger partial charge in [-0.05, 0) is 62.4 Å². The molecule has 0 spiro atoms. The quantitative estimate of drug-likeness (QED) is 0.613. The van der Waals surface area contributed by atoms with E-state index in [-0.39, 0.29) is 24.2 Å². The Morgan fingerprint density at radius 1 is 1.09 bits per heavy atom. The van der Waals surface area contributed by atoms with E-state index < -0.39 is 0 Å². The van der Waals surface area contributed by atoms with Crippen molar-refractivity contribution in [2.75, 3.05) is 19.6 Å². The predicted molar refractivity (Wildman–Crippen MR) is 129 cm³/mol. The predicted octanol–water partition coefficient (Wildman–Crippen LogP) is 3.61. The standard InChI is InChI=1S/C27H33N5O2/c1-18-16-31(8-9-32(18)27(34)22-6-4-5-7-22)17-24-11-21(13-28)10-23(19(24)2)12-26(33)25-14-29-20(3)30-15-25/h10-11,14-15,18,22H,4-9,12,16-17H2,1-3H3/t18-/m0/s1. The van der Waals surface area contributed by atoms with Gasteiger partial charge in [-0.2, -0.15) is 5.26 Å². The number of amides is 1. The molecular formula is C27H33N5O2. The lowest BCUT2D eigenvalue weighted by molar-refractivity contribution is -0.140. The molecule has 4 rings (SSSR count). The fourth-order valence-electron chi connectivity index (χ4n) is 5.22. The second kappa shape index (κ2) is 10.4. The normalized spacial score (nSPS) is 19.2. The van der Waals surface area contributed by atoms with Crippen LogP contribution >= 0.6 is 0 Å². The van der Waals surface area contributed by atoms with Gasteiger partial charge in [0.1, 0.15) is 5.82 Å². The van der Waals surface area contributed by atoms with Crippen molar-refractivity contribution in [2.24, 2.45) is 5.92 Å². The van der Waals surface area contributed by atoms with Crippen LogP contribution in [0.4, 0.5) is 0 Å². The largest absolute Gasteiger partial charge is 0.337 e. The zero-order valence-corrected chi connectivity index (χ0v) is 20.4. The molecule has 1 aromatic heterocycles. The Bertz CT molecular complexity index is 1100. The van der Waals surface area contributed by atoms with Gasteiger partial charge in [-0.15, -0.1) is 0 Å². The van der Waals surface area contributed by atoms with Crippen molar-refractivity contribution in [2.45, 2.75) is 65.5 Å². The van der Waals surface area contributed by atoms with E-state index in [9.17, 15) is 14.9 Å². The zero-order chi connectivity index (χ0) is 24.2. The van der Waals surface area contributed by atoms with Gasteiger partial charge in [0.15, 0.2) is 5.78 Å². The first-order valence-corrected chi connectivity index (χ1v) is 12.2. The van der Waals surface area contributed by atoms with E-state index in [1.807, 2.05) is 19.1 Å². The first kappa shape index (κ1) is 24.0. The molecule has 0 unspecified atom stereocenters. The van der Waals surface area contributed by atoms with Gasteiger partial charge < -0.3 is 4.90 Å². The van der Waals surface area contributed by atoms with E-state index in [1.54, 1.807) is 19.3 Å². The first-order chi connectivity index (χ1) is 16.4. The Hall–Kier alpha value is -3.11. The smallest absolute Gasteiger partial charge is 0.226 e. The summed E-state index contributed by atoms with van der Waals surface area (Å²) >= 11 is 0. The molecule has 0 bridgehead atoms. The highest BCUT2D eigenvalue weighted by atomic mass is 16.2. The van der Waals surface area contributed by atoms with Gasteiger partial charge in [0.25, 0.3) is 0 Å². The minimum absolute atomic E-state index is 0.0585. The van der Waals surface area contributed by atoms with Gasteiger partial charge >= 0.3 is 0 Å². The van der Waals surface area contributed by atoms with Gasteiger partial charge in [0, 0.05) is 57.0 Å². The van der Waals surface area contributed by atoms with Crippen molar-refractivity contribution in [3.8, 4) is 6.07 Å². The van der Waals surface area contributed by atoms with Crippen LogP contribution in [0.2, 0.25) is 0 Å². The van der Waals surface area contributed by atoms with Crippen LogP contribution in [0.1, 0.15) is 71.0 Å². The Morgan fingerprint density at radius 2 is 1.76 bits per heavy atom. The molecule has 178 valence electrons. The molecule has 1 saturated heterocycles. The third-order valence-electron chi connectivity index (χ3n) is 7.30. The number of carbonyl (C=O) groups is 2. The number of hydrogen-bond donors (Lipinski definition) is 0. The lowest BCUT2D eigenvalue weighted by Gasteiger charge is -2.41. The van der Waals surface area contributed by atoms with Crippen LogP contribution in [0.15, 0.2) is 24.5 Å². The minimum atomic E-state index is -0.0585. The minimum Gasteiger partial charge on any atom is -0.337 e. The Morgan fingerprint density at radius 3 is 2.41 bits per heavy atom. The second-order valence-corrected chi connectivity index (χ2v) is 9.75. The number of Topliss-reactive ketones (excluding diaryl/α,β-unsaturated/α-hetero) is 1. The van der Waals surface area contributed by atoms with Crippen LogP contribution < -0.4 is 0 Å². The summed E-state index contributed by atoms with van der Waals surface area (Å²) in [4.78, 5) is 38.4. The number of aryl methyl sites for hydroxylation is 1. The first-order valence-electron chi connectivity index (χ1n) is 12.2. The maximum Gasteiger partial charge on any atom is 0.226 e. The van der Waals surface area contributed by atoms with Crippen LogP contribution in [0.25, 0.3) is 0 Å². The number of nitrogens with zero attached hydrogens (tertiary/aromatic N) is 5. The molecule has 2 heterocycles. The molecule has 7 nitrogen and oxygen atoms in total. The zero-order valence-electron chi connectivity index (χ0n) is 20.4. The number of ketones is 1. The summed E-state index contributed by atoms with van der Waals surface area (Å²) in [6, 6.07) is 6.16. The van der Waals surface area contributed by atoms with Crippen LogP contribution in [0.5, 0.6) is 0 Å². The molecule has 1 aromatic carbocycles. The summed E-state index contributed by atoms with van der Waals surface area (Å²) in [5.41, 5.74) is 4.00. The molecule has 34 heavy (non-hydrogen) atoms. The van der Waals surface area contributed by atoms with E-state index in [0.717, 1.165) is 49.2 Å². The maximum absolute atomic E-state index is 12.9. The summed E-state index contributed by atoms with van der Waals surface area (Å²) in [6.45, 7) is 9.00. The fraction of sp³-hybridized carbons (Fsp3) is 0.519. The highest BCUT2D eigenvalue weighted by molar-refractivity contribution is 5.97. The average molecular weight is 460 g/mol. The Balaban J connectivity index is 1.46. The molecule has 2 fully saturated rings. The van der Waals surface area contributed by atoms with Crippen molar-refractivity contribution in [1.82, 2.24) is 19.8 Å². The monoisotopic (exact) mass is 459 g/mol. The molecule has 1 atom stereocenters. The highest BCUT2D eigenvalue weighted by Crippen LogP contribution is 2.28. The Labute approximate surface area is 201 Å². The van der Waals surface area contributed by atoms with Gasteiger partial charge in [-0.1, -0.05) is 12.8 Å². The number of benzene rings is 1. The molecule has 2 aromatic rings. The molecule has 1 saturated carbocycles. The van der Waals surface area contributed by atoms with E-state index >= 15 is 0 Å². The molecule has 1 amide bonds. The van der Waals surface area contributed by atoms with E-state index in [2.05, 4.69) is 32.8 Å². The molecule has 2 aliphatic rings. The lowest BCUT2D eigenvalue weighted by atomic mass is 9.94. The summed E-state index contributed by atoms with van der Waals surface area (Å²) in [6.07, 6.45) is 7.72. The van der Waals surface area contributed by atoms with Crippen molar-refractivity contribution >= 4 is 11.7 Å². The van der Waals surface area contributed by atoms with Crippen LogP contribution in [-0.4, -0.2) is 57.1 Å². The van der Waals surface area contributed by atoms with Crippen molar-refractivity contribution in [1.29, 1.82) is 5.26 Å². The average Bonchev–Trinajstić information content (AvgIpc) is 3.36. The van der Waals surface area contributed by atoms with Gasteiger partial charge in [0.05, 0.1) is 17.2 Å². The van der Waals surface area contributed by atoms with Gasteiger partial charge in [-0.25, -0.2) is 9.97 Å². The van der Waals surface area contributed by atoms with E-state index in [1.165, 1.54) is 12.8 Å². The number of nitriles is 1. The lowest BCUT2D eigenvalue weighted by Crippen LogP contribution is -2.54. The topological polar surface area (TPSA) is 90.2 Å². The number of rotatable bonds is 6. The summed E-state index contributed by atoms with van der Waals surface area (Å²) in [5, 5.41) is 9.59. The fourth-order valence-corrected chi connectivity index (χ4v) is 5.22. The third-order valence-corrected chi connectivity index (χ3v) is 7.30. The molecular weight excluding hydrogens is 426 g/mol. The highest BCUT2D eigenvalue weighted by Gasteiger charge is 2.33. The number of piperazine rings is 1. The van der Waals surface area contributed by atoms with Crippen LogP contribution in [0.3, 0.4) is 0 Å². The van der Waals surface area contributed by atoms with Gasteiger partial charge in [0.2, 0.25) is 5.91 Å². The summed E-state index contributed by atoms with van der Waals surface area (Å²) in [5.74, 6) is 1.10. The maximum atomic E-state index is 12.9. The molecule has 7 heteroatoms. The summed E-state index contributed by atoms with van der Waals surface area (Å²) < 4.78 is 0. The number of hydrogen-bond acceptors (Lipinski definition) is 6. The van der Waals surface area contributed by atoms with Crippen LogP contribution in [0, 0.1) is 31.1 Å². The molecule has 1 aliphatic carbocycles. The van der Waals surface area contributed by atoms with Crippen molar-refractivity contribution in [3.05, 3.63) is 58.2 Å². The second-order valence-electron chi connectivity index (χ2n) is 9.75. The Kier molecular flexibility index (Phi) is 7.38. The van der Waals surface area contributed by atoms with Crippen LogP contribution in [-0.2, 0) is 17.8 Å². The van der Waals surface area contributed by atoms with E-state index in [4.69, 9.17) is 0 Å². The number of carbonyl (C=O) groups excluding carboxylic acids is 2. The third kappa shape index (κ3) is 5.34. The molecule has 0 N–H and O–H groups in total. The molecule has 1 aliphatic heterocycles. The SMILES string of the molecule is Cc1ncc(C(=O)Cc2cc(C#N)cc(CN3CCN(C(=O)C4CCCC4)[C@@H](C)C3)c2C)cn1. The van der Waals surface area contributed by atoms with Crippen molar-refractivity contribution in [3.63, 3.8) is 0 Å². The van der Waals surface area contributed by atoms with Gasteiger partial charge in [-0.3, -0.25) is 14.5 Å². The summed E-state index contributed by atoms with van der Waals surface area (Å²) in [7, 11) is 0. The van der Waals surface area contributed by atoms with Crippen molar-refractivity contribution < 1.29 is 9.59 Å². The molecule has 0 radical (unpaired) electrons. The van der Waals surface area contributed by atoms with E-state index in [0.29, 0.717) is 29.4 Å².